The van der Waals surface area contributed by atoms with Crippen molar-refractivity contribution in [3.05, 3.63) is 57.8 Å². The summed E-state index contributed by atoms with van der Waals surface area (Å²) < 4.78 is 27.8. The molecular formula is C14H16BrN3O2S. The molecule has 0 bridgehead atoms. The van der Waals surface area contributed by atoms with E-state index in [0.29, 0.717) is 10.2 Å². The number of pyridine rings is 1. The van der Waals surface area contributed by atoms with E-state index in [9.17, 15) is 8.42 Å². The third kappa shape index (κ3) is 4.10. The van der Waals surface area contributed by atoms with Gasteiger partial charge in [-0.05, 0) is 52.7 Å². The van der Waals surface area contributed by atoms with Gasteiger partial charge in [0.25, 0.3) is 0 Å². The van der Waals surface area contributed by atoms with Crippen LogP contribution in [-0.2, 0) is 23.1 Å². The molecule has 7 heteroatoms. The summed E-state index contributed by atoms with van der Waals surface area (Å²) in [4.78, 5) is 4.45. The fraction of sp³-hybridized carbons (Fsp3) is 0.214. The lowest BCUT2D eigenvalue weighted by atomic mass is 10.2. The lowest BCUT2D eigenvalue weighted by Gasteiger charge is -2.10. The lowest BCUT2D eigenvalue weighted by Crippen LogP contribution is -2.24. The van der Waals surface area contributed by atoms with Gasteiger partial charge in [-0.2, -0.15) is 0 Å². The Morgan fingerprint density at radius 3 is 2.71 bits per heavy atom. The van der Waals surface area contributed by atoms with Crippen molar-refractivity contribution in [1.82, 2.24) is 9.71 Å². The maximum atomic E-state index is 12.4. The summed E-state index contributed by atoms with van der Waals surface area (Å²) in [7, 11) is -3.63. The molecule has 112 valence electrons. The van der Waals surface area contributed by atoms with Crippen molar-refractivity contribution in [3.8, 4) is 0 Å². The topological polar surface area (TPSA) is 85.1 Å². The summed E-state index contributed by atoms with van der Waals surface area (Å²) in [6, 6.07) is 10.5. The van der Waals surface area contributed by atoms with Gasteiger partial charge in [-0.3, -0.25) is 4.98 Å². The van der Waals surface area contributed by atoms with Crippen LogP contribution in [0, 0.1) is 6.92 Å². The van der Waals surface area contributed by atoms with Crippen LogP contribution < -0.4 is 10.5 Å². The summed E-state index contributed by atoms with van der Waals surface area (Å²) >= 11 is 3.26. The predicted molar refractivity (Wildman–Crippen MR) is 85.0 cm³/mol. The molecule has 2 rings (SSSR count). The Bertz CT molecular complexity index is 748. The molecule has 0 unspecified atom stereocenters. The minimum Gasteiger partial charge on any atom is -0.326 e. The Kier molecular flexibility index (Phi) is 5.10. The second kappa shape index (κ2) is 6.65. The van der Waals surface area contributed by atoms with Gasteiger partial charge in [0.2, 0.25) is 10.0 Å². The molecular weight excluding hydrogens is 354 g/mol. The average Bonchev–Trinajstić information content (AvgIpc) is 2.46. The number of halogens is 1. The van der Waals surface area contributed by atoms with Gasteiger partial charge < -0.3 is 5.73 Å². The maximum absolute atomic E-state index is 12.4. The van der Waals surface area contributed by atoms with Crippen LogP contribution in [0.3, 0.4) is 0 Å². The van der Waals surface area contributed by atoms with E-state index < -0.39 is 10.0 Å². The summed E-state index contributed by atoms with van der Waals surface area (Å²) in [5.41, 5.74) is 7.83. The molecule has 2 aromatic rings. The summed E-state index contributed by atoms with van der Waals surface area (Å²) in [5, 5.41) is 0. The third-order valence-electron chi connectivity index (χ3n) is 2.91. The molecule has 0 aliphatic rings. The highest BCUT2D eigenvalue weighted by Gasteiger charge is 2.18. The van der Waals surface area contributed by atoms with Crippen LogP contribution in [0.25, 0.3) is 0 Å². The molecule has 0 spiro atoms. The summed E-state index contributed by atoms with van der Waals surface area (Å²) in [6.45, 7) is 2.29. The monoisotopic (exact) mass is 369 g/mol. The number of hydrogen-bond acceptors (Lipinski definition) is 4. The first-order chi connectivity index (χ1) is 9.92. The molecule has 0 saturated carbocycles. The highest BCUT2D eigenvalue weighted by atomic mass is 79.9. The molecule has 0 atom stereocenters. The number of sulfonamides is 1. The van der Waals surface area contributed by atoms with Gasteiger partial charge in [0.05, 0.1) is 17.1 Å². The molecule has 1 heterocycles. The van der Waals surface area contributed by atoms with E-state index in [-0.39, 0.29) is 18.0 Å². The second-order valence-electron chi connectivity index (χ2n) is 4.56. The largest absolute Gasteiger partial charge is 0.326 e. The van der Waals surface area contributed by atoms with Crippen molar-refractivity contribution in [2.24, 2.45) is 5.73 Å². The zero-order chi connectivity index (χ0) is 15.5. The number of nitrogens with zero attached hydrogens (tertiary/aromatic N) is 1. The van der Waals surface area contributed by atoms with Gasteiger partial charge in [-0.25, -0.2) is 13.1 Å². The van der Waals surface area contributed by atoms with Gasteiger partial charge in [-0.1, -0.05) is 12.1 Å². The fourth-order valence-electron chi connectivity index (χ4n) is 1.83. The zero-order valence-electron chi connectivity index (χ0n) is 11.5. The van der Waals surface area contributed by atoms with Crippen molar-refractivity contribution in [3.63, 3.8) is 0 Å². The van der Waals surface area contributed by atoms with Crippen LogP contribution in [0.1, 0.15) is 17.0 Å². The number of aryl methyl sites for hydroxylation is 1. The summed E-state index contributed by atoms with van der Waals surface area (Å²) in [5.74, 6) is 0. The fourth-order valence-corrected chi connectivity index (χ4v) is 3.84. The number of aromatic nitrogens is 1. The Morgan fingerprint density at radius 2 is 2.05 bits per heavy atom. The first-order valence-corrected chi connectivity index (χ1v) is 8.60. The van der Waals surface area contributed by atoms with E-state index in [0.717, 1.165) is 11.3 Å². The standard InChI is InChI=1S/C14H16BrN3O2S/c1-10-3-2-4-12(18-10)9-17-21(19,20)14-7-11(8-16)5-6-13(14)15/h2-7,17H,8-9,16H2,1H3. The smallest absolute Gasteiger partial charge is 0.242 e. The SMILES string of the molecule is Cc1cccc(CNS(=O)(=O)c2cc(CN)ccc2Br)n1. The Balaban J connectivity index is 2.22. The van der Waals surface area contributed by atoms with Crippen LogP contribution in [0.15, 0.2) is 45.8 Å². The molecule has 21 heavy (non-hydrogen) atoms. The Morgan fingerprint density at radius 1 is 1.29 bits per heavy atom. The first-order valence-electron chi connectivity index (χ1n) is 6.33. The van der Waals surface area contributed by atoms with Crippen molar-refractivity contribution >= 4 is 26.0 Å². The van der Waals surface area contributed by atoms with E-state index >= 15 is 0 Å². The number of nitrogens with one attached hydrogen (secondary N) is 1. The van der Waals surface area contributed by atoms with Crippen LogP contribution in [0.4, 0.5) is 0 Å². The predicted octanol–water partition coefficient (Wildman–Crippen LogP) is 2.09. The highest BCUT2D eigenvalue weighted by Crippen LogP contribution is 2.23. The number of benzene rings is 1. The molecule has 0 aliphatic heterocycles. The van der Waals surface area contributed by atoms with Gasteiger partial charge >= 0.3 is 0 Å². The van der Waals surface area contributed by atoms with Gasteiger partial charge in [0.15, 0.2) is 0 Å². The second-order valence-corrected chi connectivity index (χ2v) is 7.15. The molecule has 0 amide bonds. The minimum atomic E-state index is -3.63. The van der Waals surface area contributed by atoms with Gasteiger partial charge in [0.1, 0.15) is 0 Å². The molecule has 0 fully saturated rings. The van der Waals surface area contributed by atoms with Crippen molar-refractivity contribution in [2.45, 2.75) is 24.9 Å². The Labute approximate surface area is 132 Å². The molecule has 1 aromatic heterocycles. The van der Waals surface area contributed by atoms with E-state index in [4.69, 9.17) is 5.73 Å². The average molecular weight is 370 g/mol. The summed E-state index contributed by atoms with van der Waals surface area (Å²) in [6.07, 6.45) is 0. The molecule has 3 N–H and O–H groups in total. The number of hydrogen-bond donors (Lipinski definition) is 2. The first kappa shape index (κ1) is 16.1. The molecule has 0 radical (unpaired) electrons. The van der Waals surface area contributed by atoms with Crippen LogP contribution >= 0.6 is 15.9 Å². The normalized spacial score (nSPS) is 11.6. The van der Waals surface area contributed by atoms with Gasteiger partial charge in [0, 0.05) is 16.7 Å². The lowest BCUT2D eigenvalue weighted by molar-refractivity contribution is 0.579. The minimum absolute atomic E-state index is 0.142. The van der Waals surface area contributed by atoms with E-state index in [1.807, 2.05) is 19.1 Å². The van der Waals surface area contributed by atoms with Gasteiger partial charge in [-0.15, -0.1) is 0 Å². The zero-order valence-corrected chi connectivity index (χ0v) is 13.9. The third-order valence-corrected chi connectivity index (χ3v) is 5.31. The van der Waals surface area contributed by atoms with Crippen LogP contribution in [0.2, 0.25) is 0 Å². The highest BCUT2D eigenvalue weighted by molar-refractivity contribution is 9.10. The van der Waals surface area contributed by atoms with E-state index in [1.165, 1.54) is 0 Å². The van der Waals surface area contributed by atoms with Crippen LogP contribution in [0.5, 0.6) is 0 Å². The van der Waals surface area contributed by atoms with E-state index in [1.54, 1.807) is 24.3 Å². The number of nitrogens with two attached hydrogens (primary N) is 1. The molecule has 0 saturated heterocycles. The van der Waals surface area contributed by atoms with E-state index in [2.05, 4.69) is 25.6 Å². The molecule has 1 aromatic carbocycles. The maximum Gasteiger partial charge on any atom is 0.242 e. The van der Waals surface area contributed by atoms with Crippen molar-refractivity contribution in [2.75, 3.05) is 0 Å². The number of rotatable bonds is 5. The molecule has 5 nitrogen and oxygen atoms in total. The quantitative estimate of drug-likeness (QED) is 0.844. The van der Waals surface area contributed by atoms with Crippen LogP contribution in [-0.4, -0.2) is 13.4 Å². The Hall–Kier alpha value is -1.28. The molecule has 0 aliphatic carbocycles. The van der Waals surface area contributed by atoms with Crippen molar-refractivity contribution < 1.29 is 8.42 Å². The van der Waals surface area contributed by atoms with Crippen molar-refractivity contribution in [1.29, 1.82) is 0 Å².